The molecule has 4 rings (SSSR count). The van der Waals surface area contributed by atoms with Gasteiger partial charge in [-0.1, -0.05) is 42.5 Å². The molecule has 208 valence electrons. The molecule has 1 aromatic heterocycles. The second kappa shape index (κ2) is 12.9. The van der Waals surface area contributed by atoms with Crippen molar-refractivity contribution in [2.24, 2.45) is 5.92 Å². The van der Waals surface area contributed by atoms with Gasteiger partial charge in [-0.15, -0.1) is 0 Å². The lowest BCUT2D eigenvalue weighted by molar-refractivity contribution is -0.137. The number of nitrogens with zero attached hydrogens (tertiary/aromatic N) is 2. The number of likely N-dealkylation sites (tertiary alicyclic amines) is 1. The molecule has 1 aliphatic heterocycles. The Morgan fingerprint density at radius 3 is 2.59 bits per heavy atom. The molecule has 3 aromatic rings. The molecule has 0 aliphatic carbocycles. The van der Waals surface area contributed by atoms with E-state index in [0.29, 0.717) is 39.0 Å². The van der Waals surface area contributed by atoms with Gasteiger partial charge in [-0.05, 0) is 62.8 Å². The molecule has 1 saturated heterocycles. The molecule has 0 saturated carbocycles. The molecular formula is C29H37N5O4S. The van der Waals surface area contributed by atoms with Crippen LogP contribution in [0.4, 0.5) is 10.6 Å². The first-order valence-corrected chi connectivity index (χ1v) is 14.1. The number of amides is 3. The molecule has 0 bridgehead atoms. The highest BCUT2D eigenvalue weighted by Gasteiger charge is 2.33. The van der Waals surface area contributed by atoms with Crippen molar-refractivity contribution in [1.29, 1.82) is 0 Å². The maximum atomic E-state index is 13.6. The summed E-state index contributed by atoms with van der Waals surface area (Å²) in [7, 11) is 0. The summed E-state index contributed by atoms with van der Waals surface area (Å²) >= 11 is 1.44. The Bertz CT molecular complexity index is 1270. The van der Waals surface area contributed by atoms with Crippen LogP contribution in [0.2, 0.25) is 0 Å². The Morgan fingerprint density at radius 2 is 1.82 bits per heavy atom. The Morgan fingerprint density at radius 1 is 1.08 bits per heavy atom. The topological polar surface area (TPSA) is 113 Å². The van der Waals surface area contributed by atoms with Crippen LogP contribution < -0.4 is 16.0 Å². The van der Waals surface area contributed by atoms with Crippen molar-refractivity contribution < 1.29 is 19.1 Å². The Labute approximate surface area is 233 Å². The number of benzene rings is 2. The number of piperidine rings is 1. The first kappa shape index (κ1) is 28.4. The Balaban J connectivity index is 1.31. The van der Waals surface area contributed by atoms with Crippen LogP contribution in [0.5, 0.6) is 0 Å². The summed E-state index contributed by atoms with van der Waals surface area (Å²) in [5, 5.41) is 10.1. The van der Waals surface area contributed by atoms with Gasteiger partial charge in [-0.25, -0.2) is 4.79 Å². The normalized spacial score (nSPS) is 16.4. The molecule has 2 aromatic carbocycles. The first-order valence-electron chi connectivity index (χ1n) is 13.4. The predicted molar refractivity (Wildman–Crippen MR) is 154 cm³/mol. The minimum Gasteiger partial charge on any atom is -0.444 e. The largest absolute Gasteiger partial charge is 0.444 e. The fraction of sp³-hybridized carbons (Fsp3) is 0.448. The number of hydrogen-bond acceptors (Lipinski definition) is 7. The SMILES string of the molecule is CC(C)(C)OC(=O)NC(Cc1ccccc1)C(=O)N1CCCC(C(=O)NCCNc2nsc3ccccc23)C1. The lowest BCUT2D eigenvalue weighted by Crippen LogP contribution is -2.54. The zero-order valence-electron chi connectivity index (χ0n) is 22.7. The van der Waals surface area contributed by atoms with Crippen molar-refractivity contribution in [3.63, 3.8) is 0 Å². The number of aromatic nitrogens is 1. The average molecular weight is 552 g/mol. The van der Waals surface area contributed by atoms with Gasteiger partial charge in [0.25, 0.3) is 0 Å². The summed E-state index contributed by atoms with van der Waals surface area (Å²) in [4.78, 5) is 40.8. The van der Waals surface area contributed by atoms with Crippen molar-refractivity contribution in [1.82, 2.24) is 19.9 Å². The second-order valence-electron chi connectivity index (χ2n) is 10.8. The molecule has 9 nitrogen and oxygen atoms in total. The lowest BCUT2D eigenvalue weighted by Gasteiger charge is -2.34. The van der Waals surface area contributed by atoms with Gasteiger partial charge in [-0.2, -0.15) is 4.37 Å². The fourth-order valence-corrected chi connectivity index (χ4v) is 5.39. The first-order chi connectivity index (χ1) is 18.7. The molecule has 1 aliphatic rings. The summed E-state index contributed by atoms with van der Waals surface area (Å²) in [5.74, 6) is 0.236. The van der Waals surface area contributed by atoms with Gasteiger partial charge in [0.05, 0.1) is 10.6 Å². The zero-order valence-corrected chi connectivity index (χ0v) is 23.6. The van der Waals surface area contributed by atoms with Crippen LogP contribution in [0.25, 0.3) is 10.1 Å². The van der Waals surface area contributed by atoms with E-state index in [0.717, 1.165) is 27.9 Å². The van der Waals surface area contributed by atoms with Gasteiger partial charge in [0, 0.05) is 38.0 Å². The average Bonchev–Trinajstić information content (AvgIpc) is 3.33. The highest BCUT2D eigenvalue weighted by molar-refractivity contribution is 7.13. The van der Waals surface area contributed by atoms with Crippen LogP contribution in [0.3, 0.4) is 0 Å². The van der Waals surface area contributed by atoms with E-state index in [-0.39, 0.29) is 17.7 Å². The van der Waals surface area contributed by atoms with Gasteiger partial charge in [0.1, 0.15) is 17.5 Å². The number of ether oxygens (including phenoxy) is 1. The van der Waals surface area contributed by atoms with E-state index in [2.05, 4.69) is 20.3 Å². The number of nitrogens with one attached hydrogen (secondary N) is 3. The van der Waals surface area contributed by atoms with E-state index in [1.54, 1.807) is 25.7 Å². The quantitative estimate of drug-likeness (QED) is 0.344. The molecule has 10 heteroatoms. The third-order valence-corrected chi connectivity index (χ3v) is 7.30. The summed E-state index contributed by atoms with van der Waals surface area (Å²) < 4.78 is 11.0. The summed E-state index contributed by atoms with van der Waals surface area (Å²) in [5.41, 5.74) is 0.249. The van der Waals surface area contributed by atoms with Crippen molar-refractivity contribution >= 4 is 45.3 Å². The molecule has 0 spiro atoms. The molecule has 1 fully saturated rings. The number of carbonyl (C=O) groups is 3. The van der Waals surface area contributed by atoms with Crippen LogP contribution in [0, 0.1) is 5.92 Å². The number of fused-ring (bicyclic) bond motifs is 1. The third kappa shape index (κ3) is 8.16. The summed E-state index contributed by atoms with van der Waals surface area (Å²) in [6.45, 7) is 7.20. The summed E-state index contributed by atoms with van der Waals surface area (Å²) in [6.07, 6.45) is 1.13. The van der Waals surface area contributed by atoms with Gasteiger partial charge in [0.15, 0.2) is 0 Å². The molecule has 3 N–H and O–H groups in total. The zero-order chi connectivity index (χ0) is 27.8. The van der Waals surface area contributed by atoms with Gasteiger partial charge >= 0.3 is 6.09 Å². The molecular weight excluding hydrogens is 514 g/mol. The van der Waals surface area contributed by atoms with E-state index in [4.69, 9.17) is 4.74 Å². The van der Waals surface area contributed by atoms with Crippen LogP contribution in [-0.4, -0.2) is 65.0 Å². The van der Waals surface area contributed by atoms with E-state index < -0.39 is 17.7 Å². The van der Waals surface area contributed by atoms with Gasteiger partial charge in [0.2, 0.25) is 11.8 Å². The molecule has 2 unspecified atom stereocenters. The lowest BCUT2D eigenvalue weighted by atomic mass is 9.95. The van der Waals surface area contributed by atoms with Gasteiger partial charge < -0.3 is 25.6 Å². The number of hydrogen-bond donors (Lipinski definition) is 3. The third-order valence-electron chi connectivity index (χ3n) is 6.47. The monoisotopic (exact) mass is 551 g/mol. The van der Waals surface area contributed by atoms with Crippen LogP contribution in [0.1, 0.15) is 39.2 Å². The van der Waals surface area contributed by atoms with Crippen molar-refractivity contribution in [2.75, 3.05) is 31.5 Å². The smallest absolute Gasteiger partial charge is 0.408 e. The van der Waals surface area contributed by atoms with Crippen molar-refractivity contribution in [3.8, 4) is 0 Å². The minimum absolute atomic E-state index is 0.0721. The Hall–Kier alpha value is -3.66. The number of alkyl carbamates (subject to hydrolysis) is 1. The second-order valence-corrected chi connectivity index (χ2v) is 11.6. The Kier molecular flexibility index (Phi) is 9.40. The number of rotatable bonds is 9. The van der Waals surface area contributed by atoms with Crippen LogP contribution >= 0.6 is 11.5 Å². The molecule has 2 heterocycles. The number of anilines is 1. The maximum Gasteiger partial charge on any atom is 0.408 e. The van der Waals surface area contributed by atoms with E-state index >= 15 is 0 Å². The van der Waals surface area contributed by atoms with E-state index in [9.17, 15) is 14.4 Å². The molecule has 39 heavy (non-hydrogen) atoms. The minimum atomic E-state index is -0.791. The number of carbonyl (C=O) groups excluding carboxylic acids is 3. The van der Waals surface area contributed by atoms with Crippen LogP contribution in [-0.2, 0) is 20.7 Å². The van der Waals surface area contributed by atoms with Gasteiger partial charge in [-0.3, -0.25) is 9.59 Å². The molecule has 3 amide bonds. The van der Waals surface area contributed by atoms with E-state index in [1.807, 2.05) is 54.6 Å². The highest BCUT2D eigenvalue weighted by atomic mass is 32.1. The molecule has 0 radical (unpaired) electrons. The highest BCUT2D eigenvalue weighted by Crippen LogP contribution is 2.26. The molecule has 2 atom stereocenters. The van der Waals surface area contributed by atoms with Crippen molar-refractivity contribution in [3.05, 3.63) is 60.2 Å². The van der Waals surface area contributed by atoms with Crippen LogP contribution in [0.15, 0.2) is 54.6 Å². The summed E-state index contributed by atoms with van der Waals surface area (Å²) in [6, 6.07) is 16.8. The van der Waals surface area contributed by atoms with E-state index in [1.165, 1.54) is 11.5 Å². The maximum absolute atomic E-state index is 13.6. The van der Waals surface area contributed by atoms with Crippen molar-refractivity contribution in [2.45, 2.75) is 51.7 Å². The predicted octanol–water partition coefficient (Wildman–Crippen LogP) is 4.20. The standard InChI is InChI=1S/C29H37N5O4S/c1-29(2,3)38-28(37)32-23(18-20-10-5-4-6-11-20)27(36)34-17-9-12-21(19-34)26(35)31-16-15-30-25-22-13-7-8-14-24(22)39-33-25/h4-8,10-11,13-14,21,23H,9,12,15-19H2,1-3H3,(H,30,33)(H,31,35)(H,32,37). The fourth-order valence-electron chi connectivity index (χ4n) is 4.64.